The van der Waals surface area contributed by atoms with Crippen molar-refractivity contribution in [3.63, 3.8) is 0 Å². The minimum atomic E-state index is -5.12. The molecule has 0 aromatic heterocycles. The van der Waals surface area contributed by atoms with Gasteiger partial charge in [0, 0.05) is 24.0 Å². The highest BCUT2D eigenvalue weighted by atomic mass is 19.4. The van der Waals surface area contributed by atoms with Gasteiger partial charge in [-0.05, 0) is 5.53 Å². The fourth-order valence-electron chi connectivity index (χ4n) is 3.60. The maximum atomic E-state index is 12.3. The Morgan fingerprint density at radius 1 is 0.919 bits per heavy atom. The molecule has 6 radical (unpaired) electrons. The number of ether oxygens (including phenoxy) is 4. The molecule has 3 rings (SSSR count). The summed E-state index contributed by atoms with van der Waals surface area (Å²) in [6, 6.07) is -4.40. The molecule has 0 spiro atoms. The molecule has 7 N–H and O–H groups in total. The summed E-state index contributed by atoms with van der Waals surface area (Å²) in [4.78, 5) is 2.51. The monoisotopic (exact) mass is 539 g/mol. The second kappa shape index (κ2) is 14.3. The smallest absolute Gasteiger partial charge is 0.394 e. The number of alkyl halides is 3. The van der Waals surface area contributed by atoms with E-state index in [-0.39, 0.29) is 13.2 Å². The lowest BCUT2D eigenvalue weighted by atomic mass is 9.80. The zero-order chi connectivity index (χ0) is 28.7. The van der Waals surface area contributed by atoms with Crippen LogP contribution in [0.15, 0.2) is 5.11 Å². The number of aliphatic hydroxyl groups is 7. The summed E-state index contributed by atoms with van der Waals surface area (Å²) >= 11 is 0. The lowest BCUT2D eigenvalue weighted by Crippen LogP contribution is -2.59. The zero-order valence-electron chi connectivity index (χ0n) is 19.4. The molecule has 37 heavy (non-hydrogen) atoms. The summed E-state index contributed by atoms with van der Waals surface area (Å²) in [7, 11) is 17.1. The van der Waals surface area contributed by atoms with Gasteiger partial charge >= 0.3 is 6.18 Å². The van der Waals surface area contributed by atoms with Gasteiger partial charge in [0.25, 0.3) is 0 Å². The number of hydrogen-bond donors (Lipinski definition) is 7. The van der Waals surface area contributed by atoms with Crippen LogP contribution in [0, 0.1) is 0 Å². The van der Waals surface area contributed by atoms with Gasteiger partial charge in [0.1, 0.15) is 60.2 Å². The van der Waals surface area contributed by atoms with E-state index in [0.29, 0.717) is 0 Å². The molecule has 0 bridgehead atoms. The standard InChI is InChI=1S/C6H8BF3O4.C6H11BO4.C5H8BN3O3/c7-4-5(13,6(8,9)10)3(12)2(1-11)14-4;1-10-5-4(9)3(2-8)11-6(5)7;6-5-3(8-9-7)4(11)2(1-10)12-5/h2-4,11-13H,1H2;3-6,8-9H,2H2,1H3;2-5,10-11H,1H2/t2-,3-,4-,5-;3-,4-,5-,6-;2-,3-,4-,5-/m111/s1. The molecule has 12 atom stereocenters. The van der Waals surface area contributed by atoms with Crippen LogP contribution in [0.4, 0.5) is 13.2 Å². The first-order valence-electron chi connectivity index (χ1n) is 10.6. The average molecular weight is 539 g/mol. The lowest BCUT2D eigenvalue weighted by Gasteiger charge is -2.31. The summed E-state index contributed by atoms with van der Waals surface area (Å²) < 4.78 is 56.0. The van der Waals surface area contributed by atoms with Crippen LogP contribution in [0.2, 0.25) is 0 Å². The van der Waals surface area contributed by atoms with Crippen LogP contribution < -0.4 is 0 Å². The van der Waals surface area contributed by atoms with Crippen molar-refractivity contribution in [3.8, 4) is 0 Å². The largest absolute Gasteiger partial charge is 0.421 e. The first-order chi connectivity index (χ1) is 17.2. The predicted molar refractivity (Wildman–Crippen MR) is 117 cm³/mol. The number of azide groups is 1. The molecule has 0 amide bonds. The van der Waals surface area contributed by atoms with E-state index < -0.39 is 85.2 Å². The van der Waals surface area contributed by atoms with Crippen LogP contribution in [0.1, 0.15) is 0 Å². The van der Waals surface area contributed by atoms with Crippen molar-refractivity contribution in [2.75, 3.05) is 26.9 Å². The third-order valence-electron chi connectivity index (χ3n) is 5.78. The van der Waals surface area contributed by atoms with E-state index >= 15 is 0 Å². The van der Waals surface area contributed by atoms with Crippen LogP contribution in [-0.4, -0.2) is 165 Å². The molecule has 3 aliphatic rings. The minimum Gasteiger partial charge on any atom is -0.394 e. The van der Waals surface area contributed by atoms with Crippen molar-refractivity contribution in [2.45, 2.75) is 78.6 Å². The van der Waals surface area contributed by atoms with Crippen LogP contribution >= 0.6 is 0 Å². The molecule has 3 heterocycles. The normalized spacial score (nSPS) is 43.3. The Kier molecular flexibility index (Phi) is 13.1. The average Bonchev–Trinajstić information content (AvgIpc) is 3.38. The Morgan fingerprint density at radius 2 is 1.41 bits per heavy atom. The van der Waals surface area contributed by atoms with Gasteiger partial charge in [-0.1, -0.05) is 5.11 Å². The molecule has 20 heteroatoms. The molecule has 3 fully saturated rings. The van der Waals surface area contributed by atoms with E-state index in [0.717, 1.165) is 0 Å². The molecule has 0 aliphatic carbocycles. The van der Waals surface area contributed by atoms with E-state index in [2.05, 4.69) is 14.8 Å². The number of halogens is 3. The molecule has 0 aromatic rings. The van der Waals surface area contributed by atoms with E-state index in [1.54, 1.807) is 0 Å². The summed E-state index contributed by atoms with van der Waals surface area (Å²) in [5.41, 5.74) is 4.57. The Bertz CT molecular complexity index is 760. The molecule has 0 saturated carbocycles. The first-order valence-corrected chi connectivity index (χ1v) is 10.6. The molecule has 0 aromatic carbocycles. The van der Waals surface area contributed by atoms with Crippen LogP contribution in [0.5, 0.6) is 0 Å². The van der Waals surface area contributed by atoms with Crippen molar-refractivity contribution < 1.29 is 67.9 Å². The minimum absolute atomic E-state index is 0.241. The molecular formula is C17H27B3F3N3O11. The van der Waals surface area contributed by atoms with Crippen LogP contribution in [0.3, 0.4) is 0 Å². The maximum Gasteiger partial charge on any atom is 0.421 e. The molecule has 3 saturated heterocycles. The highest BCUT2D eigenvalue weighted by Gasteiger charge is 2.67. The Labute approximate surface area is 213 Å². The van der Waals surface area contributed by atoms with Crippen molar-refractivity contribution in [2.24, 2.45) is 5.11 Å². The Balaban J connectivity index is 0.000000280. The molecule has 3 aliphatic heterocycles. The van der Waals surface area contributed by atoms with E-state index in [4.69, 9.17) is 68.8 Å². The number of rotatable bonds is 5. The fourth-order valence-corrected chi connectivity index (χ4v) is 3.60. The summed E-state index contributed by atoms with van der Waals surface area (Å²) in [5.74, 6) is 0. The molecule has 0 unspecified atom stereocenters. The van der Waals surface area contributed by atoms with Gasteiger partial charge in [-0.15, -0.1) is 0 Å². The predicted octanol–water partition coefficient (Wildman–Crippen LogP) is -4.31. The fraction of sp³-hybridized carbons (Fsp3) is 1.00. The SMILES string of the molecule is [B][C@@H]1O[C@H](CO)[C@@H](O)[C@H]1N=[N+]=[N-].[B][C@@H]1O[C@H](CO)[C@@H](O)[C@H]1OC.[B][C@@H]1O[C@H](CO)[C@@H](O)[C@]1(O)C(F)(F)F. The van der Waals surface area contributed by atoms with Gasteiger partial charge in [0.15, 0.2) is 0 Å². The van der Waals surface area contributed by atoms with Crippen LogP contribution in [0.25, 0.3) is 10.4 Å². The highest BCUT2D eigenvalue weighted by molar-refractivity contribution is 6.12. The van der Waals surface area contributed by atoms with E-state index in [9.17, 15) is 23.4 Å². The second-order valence-corrected chi connectivity index (χ2v) is 8.07. The molecular weight excluding hydrogens is 512 g/mol. The topological polar surface area (TPSA) is 227 Å². The summed E-state index contributed by atoms with van der Waals surface area (Å²) in [6.45, 7) is -1.44. The lowest BCUT2D eigenvalue weighted by molar-refractivity contribution is -0.284. The van der Waals surface area contributed by atoms with Gasteiger partial charge in [-0.2, -0.15) is 13.2 Å². The van der Waals surface area contributed by atoms with E-state index in [1.807, 2.05) is 0 Å². The van der Waals surface area contributed by atoms with Gasteiger partial charge in [-0.25, -0.2) is 0 Å². The third-order valence-corrected chi connectivity index (χ3v) is 5.78. The number of hydrogen-bond acceptors (Lipinski definition) is 12. The summed E-state index contributed by atoms with van der Waals surface area (Å²) in [6.07, 6.45) is -12.7. The number of nitrogens with zero attached hydrogens (tertiary/aromatic N) is 3. The van der Waals surface area contributed by atoms with Crippen LogP contribution in [-0.2, 0) is 18.9 Å². The number of methoxy groups -OCH3 is 1. The Hall–Kier alpha value is -1.15. The van der Waals surface area contributed by atoms with Crippen molar-refractivity contribution in [1.82, 2.24) is 0 Å². The molecule has 14 nitrogen and oxygen atoms in total. The molecule has 206 valence electrons. The Morgan fingerprint density at radius 3 is 1.70 bits per heavy atom. The third kappa shape index (κ3) is 7.49. The van der Waals surface area contributed by atoms with Gasteiger partial charge in [0.05, 0.1) is 38.0 Å². The zero-order valence-corrected chi connectivity index (χ0v) is 19.4. The van der Waals surface area contributed by atoms with Crippen molar-refractivity contribution in [1.29, 1.82) is 0 Å². The highest BCUT2D eigenvalue weighted by Crippen LogP contribution is 2.42. The van der Waals surface area contributed by atoms with Crippen molar-refractivity contribution in [3.05, 3.63) is 10.4 Å². The quantitative estimate of drug-likeness (QED) is 0.0766. The first kappa shape index (κ1) is 33.9. The van der Waals surface area contributed by atoms with Crippen molar-refractivity contribution >= 4 is 23.5 Å². The maximum absolute atomic E-state index is 12.3. The van der Waals surface area contributed by atoms with Gasteiger partial charge in [0.2, 0.25) is 5.60 Å². The van der Waals surface area contributed by atoms with E-state index in [1.165, 1.54) is 7.11 Å². The number of aliphatic hydroxyl groups excluding tert-OH is 6. The van der Waals surface area contributed by atoms with Gasteiger partial charge in [-0.3, -0.25) is 0 Å². The second-order valence-electron chi connectivity index (χ2n) is 8.07. The van der Waals surface area contributed by atoms with Gasteiger partial charge < -0.3 is 54.7 Å². The summed E-state index contributed by atoms with van der Waals surface area (Å²) in [5, 5.41) is 66.0.